The van der Waals surface area contributed by atoms with Crippen molar-refractivity contribution in [2.45, 2.75) is 32.9 Å². The summed E-state index contributed by atoms with van der Waals surface area (Å²) in [5.41, 5.74) is 2.60. The van der Waals surface area contributed by atoms with Crippen LogP contribution in [0.2, 0.25) is 0 Å². The zero-order chi connectivity index (χ0) is 13.0. The van der Waals surface area contributed by atoms with Gasteiger partial charge in [0, 0.05) is 37.8 Å². The molecule has 1 aliphatic heterocycles. The minimum Gasteiger partial charge on any atom is -0.496 e. The summed E-state index contributed by atoms with van der Waals surface area (Å²) < 4.78 is 5.47. The molecule has 1 heterocycles. The fourth-order valence-electron chi connectivity index (χ4n) is 2.66. The summed E-state index contributed by atoms with van der Waals surface area (Å²) in [4.78, 5) is 2.56. The maximum Gasteiger partial charge on any atom is 0.123 e. The maximum absolute atomic E-state index is 5.47. The third-order valence-electron chi connectivity index (χ3n) is 3.75. The van der Waals surface area contributed by atoms with Gasteiger partial charge in [-0.1, -0.05) is 24.6 Å². The third kappa shape index (κ3) is 3.03. The van der Waals surface area contributed by atoms with Crippen LogP contribution in [0.15, 0.2) is 18.2 Å². The van der Waals surface area contributed by atoms with Gasteiger partial charge < -0.3 is 10.1 Å². The van der Waals surface area contributed by atoms with Gasteiger partial charge in [-0.15, -0.1) is 0 Å². The third-order valence-corrected chi connectivity index (χ3v) is 3.75. The standard InChI is InChI=1S/C15H24N2O/c1-4-14-10-16-7-8-17(14)11-13-9-12(2)5-6-15(13)18-3/h5-6,9,14,16H,4,7-8,10-11H2,1-3H3. The average Bonchev–Trinajstić information content (AvgIpc) is 2.40. The van der Waals surface area contributed by atoms with Crippen LogP contribution in [-0.4, -0.2) is 37.7 Å². The number of aryl methyl sites for hydroxylation is 1. The Morgan fingerprint density at radius 3 is 3.00 bits per heavy atom. The predicted octanol–water partition coefficient (Wildman–Crippen LogP) is 2.19. The molecule has 2 rings (SSSR count). The fraction of sp³-hybridized carbons (Fsp3) is 0.600. The number of piperazine rings is 1. The van der Waals surface area contributed by atoms with Gasteiger partial charge in [0.2, 0.25) is 0 Å². The van der Waals surface area contributed by atoms with E-state index in [-0.39, 0.29) is 0 Å². The molecule has 0 aliphatic carbocycles. The molecule has 100 valence electrons. The van der Waals surface area contributed by atoms with Crippen molar-refractivity contribution in [2.75, 3.05) is 26.7 Å². The Morgan fingerprint density at radius 1 is 1.44 bits per heavy atom. The highest BCUT2D eigenvalue weighted by atomic mass is 16.5. The van der Waals surface area contributed by atoms with E-state index in [1.54, 1.807) is 7.11 Å². The van der Waals surface area contributed by atoms with E-state index >= 15 is 0 Å². The molecule has 1 atom stereocenters. The van der Waals surface area contributed by atoms with Gasteiger partial charge in [-0.3, -0.25) is 4.90 Å². The van der Waals surface area contributed by atoms with Gasteiger partial charge in [0.1, 0.15) is 5.75 Å². The van der Waals surface area contributed by atoms with E-state index in [0.717, 1.165) is 31.9 Å². The summed E-state index contributed by atoms with van der Waals surface area (Å²) >= 11 is 0. The van der Waals surface area contributed by atoms with E-state index in [4.69, 9.17) is 4.74 Å². The summed E-state index contributed by atoms with van der Waals surface area (Å²) in [5, 5.41) is 3.47. The smallest absolute Gasteiger partial charge is 0.123 e. The first-order chi connectivity index (χ1) is 8.74. The van der Waals surface area contributed by atoms with Crippen LogP contribution in [0.1, 0.15) is 24.5 Å². The minimum atomic E-state index is 0.643. The first kappa shape index (κ1) is 13.4. The molecule has 1 aromatic carbocycles. The quantitative estimate of drug-likeness (QED) is 0.884. The monoisotopic (exact) mass is 248 g/mol. The van der Waals surface area contributed by atoms with Crippen LogP contribution in [0.25, 0.3) is 0 Å². The van der Waals surface area contributed by atoms with E-state index in [2.05, 4.69) is 42.3 Å². The second-order valence-electron chi connectivity index (χ2n) is 5.05. The first-order valence-corrected chi connectivity index (χ1v) is 6.83. The van der Waals surface area contributed by atoms with Crippen LogP contribution in [0.5, 0.6) is 5.75 Å². The second-order valence-corrected chi connectivity index (χ2v) is 5.05. The van der Waals surface area contributed by atoms with Crippen molar-refractivity contribution < 1.29 is 4.74 Å². The molecule has 1 aromatic rings. The number of ether oxygens (including phenoxy) is 1. The number of rotatable bonds is 4. The van der Waals surface area contributed by atoms with E-state index in [9.17, 15) is 0 Å². The van der Waals surface area contributed by atoms with Crippen molar-refractivity contribution in [1.82, 2.24) is 10.2 Å². The average molecular weight is 248 g/mol. The molecule has 0 spiro atoms. The van der Waals surface area contributed by atoms with Crippen molar-refractivity contribution in [3.05, 3.63) is 29.3 Å². The number of methoxy groups -OCH3 is 1. The molecule has 1 unspecified atom stereocenters. The van der Waals surface area contributed by atoms with Crippen molar-refractivity contribution >= 4 is 0 Å². The van der Waals surface area contributed by atoms with E-state index in [1.165, 1.54) is 17.5 Å². The molecular formula is C15H24N2O. The summed E-state index contributed by atoms with van der Waals surface area (Å²) in [5.74, 6) is 1.01. The molecule has 0 aromatic heterocycles. The number of nitrogens with zero attached hydrogens (tertiary/aromatic N) is 1. The summed E-state index contributed by atoms with van der Waals surface area (Å²) in [7, 11) is 1.75. The maximum atomic E-state index is 5.47. The van der Waals surface area contributed by atoms with Gasteiger partial charge in [-0.05, 0) is 19.4 Å². The van der Waals surface area contributed by atoms with Gasteiger partial charge in [-0.25, -0.2) is 0 Å². The Bertz CT molecular complexity index is 392. The lowest BCUT2D eigenvalue weighted by Gasteiger charge is -2.36. The van der Waals surface area contributed by atoms with Crippen LogP contribution in [0, 0.1) is 6.92 Å². The second kappa shape index (κ2) is 6.21. The zero-order valence-corrected chi connectivity index (χ0v) is 11.7. The molecule has 1 N–H and O–H groups in total. The molecular weight excluding hydrogens is 224 g/mol. The number of benzene rings is 1. The van der Waals surface area contributed by atoms with Gasteiger partial charge in [0.25, 0.3) is 0 Å². The largest absolute Gasteiger partial charge is 0.496 e. The molecule has 1 fully saturated rings. The first-order valence-electron chi connectivity index (χ1n) is 6.83. The van der Waals surface area contributed by atoms with Gasteiger partial charge >= 0.3 is 0 Å². The number of hydrogen-bond acceptors (Lipinski definition) is 3. The molecule has 0 radical (unpaired) electrons. The fourth-order valence-corrected chi connectivity index (χ4v) is 2.66. The lowest BCUT2D eigenvalue weighted by atomic mass is 10.1. The normalized spacial score (nSPS) is 20.9. The highest BCUT2D eigenvalue weighted by molar-refractivity contribution is 5.36. The topological polar surface area (TPSA) is 24.5 Å². The van der Waals surface area contributed by atoms with E-state index in [0.29, 0.717) is 6.04 Å². The van der Waals surface area contributed by atoms with Crippen LogP contribution in [0.3, 0.4) is 0 Å². The summed E-state index contributed by atoms with van der Waals surface area (Å²) in [6.45, 7) is 8.70. The van der Waals surface area contributed by atoms with Crippen molar-refractivity contribution in [2.24, 2.45) is 0 Å². The molecule has 0 amide bonds. The van der Waals surface area contributed by atoms with Gasteiger partial charge in [-0.2, -0.15) is 0 Å². The molecule has 1 aliphatic rings. The summed E-state index contributed by atoms with van der Waals surface area (Å²) in [6, 6.07) is 7.07. The number of hydrogen-bond donors (Lipinski definition) is 1. The van der Waals surface area contributed by atoms with Gasteiger partial charge in [0.05, 0.1) is 7.11 Å². The Balaban J connectivity index is 2.14. The van der Waals surface area contributed by atoms with Crippen molar-refractivity contribution in [1.29, 1.82) is 0 Å². The highest BCUT2D eigenvalue weighted by Crippen LogP contribution is 2.23. The Morgan fingerprint density at radius 2 is 2.28 bits per heavy atom. The van der Waals surface area contributed by atoms with Crippen LogP contribution >= 0.6 is 0 Å². The molecule has 0 bridgehead atoms. The summed E-state index contributed by atoms with van der Waals surface area (Å²) in [6.07, 6.45) is 1.20. The molecule has 3 heteroatoms. The minimum absolute atomic E-state index is 0.643. The Hall–Kier alpha value is -1.06. The molecule has 18 heavy (non-hydrogen) atoms. The lowest BCUT2D eigenvalue weighted by molar-refractivity contribution is 0.147. The van der Waals surface area contributed by atoms with Crippen LogP contribution < -0.4 is 10.1 Å². The molecule has 1 saturated heterocycles. The molecule has 0 saturated carbocycles. The van der Waals surface area contributed by atoms with E-state index in [1.807, 2.05) is 0 Å². The Labute approximate surface area is 110 Å². The lowest BCUT2D eigenvalue weighted by Crippen LogP contribution is -2.50. The highest BCUT2D eigenvalue weighted by Gasteiger charge is 2.21. The molecule has 3 nitrogen and oxygen atoms in total. The predicted molar refractivity (Wildman–Crippen MR) is 75.1 cm³/mol. The van der Waals surface area contributed by atoms with E-state index < -0.39 is 0 Å². The van der Waals surface area contributed by atoms with Crippen LogP contribution in [0.4, 0.5) is 0 Å². The van der Waals surface area contributed by atoms with Crippen LogP contribution in [-0.2, 0) is 6.54 Å². The Kier molecular flexibility index (Phi) is 4.61. The van der Waals surface area contributed by atoms with Crippen molar-refractivity contribution in [3.8, 4) is 5.75 Å². The number of nitrogens with one attached hydrogen (secondary N) is 1. The zero-order valence-electron chi connectivity index (χ0n) is 11.7. The van der Waals surface area contributed by atoms with Gasteiger partial charge in [0.15, 0.2) is 0 Å². The SMILES string of the molecule is CCC1CNCCN1Cc1cc(C)ccc1OC. The van der Waals surface area contributed by atoms with Crippen molar-refractivity contribution in [3.63, 3.8) is 0 Å².